The molecule has 0 saturated heterocycles. The molecule has 0 atom stereocenters. The summed E-state index contributed by atoms with van der Waals surface area (Å²) < 4.78 is 15.8. The SMILES string of the molecule is c1ccc(-c2ccc(N(c3ccc4sc5ccccc5c4c3)c3cc4oc(-c5ccccc5)nc4c4c3oc3ccccc34)cc2)cc1. The van der Waals surface area contributed by atoms with E-state index in [2.05, 4.69) is 108 Å². The number of fused-ring (bicyclic) bond motifs is 8. The second-order valence-corrected chi connectivity index (χ2v) is 13.0. The quantitative estimate of drug-likeness (QED) is 0.189. The normalized spacial score (nSPS) is 11.8. The first-order chi connectivity index (χ1) is 23.8. The summed E-state index contributed by atoms with van der Waals surface area (Å²) in [6.07, 6.45) is 0. The third kappa shape index (κ3) is 4.25. The summed E-state index contributed by atoms with van der Waals surface area (Å²) in [5.74, 6) is 0.583. The Bertz CT molecular complexity index is 2780. The molecule has 3 heterocycles. The van der Waals surface area contributed by atoms with Crippen LogP contribution in [-0.2, 0) is 0 Å². The van der Waals surface area contributed by atoms with Crippen molar-refractivity contribution in [1.29, 1.82) is 0 Å². The molecule has 0 aliphatic carbocycles. The molecule has 7 aromatic carbocycles. The Kier molecular flexibility index (Phi) is 6.01. The minimum atomic E-state index is 0.583. The van der Waals surface area contributed by atoms with Gasteiger partial charge in [-0.05, 0) is 65.7 Å². The van der Waals surface area contributed by atoms with Gasteiger partial charge in [0.2, 0.25) is 5.89 Å². The largest absolute Gasteiger partial charge is 0.454 e. The van der Waals surface area contributed by atoms with E-state index in [9.17, 15) is 0 Å². The predicted molar refractivity (Wildman–Crippen MR) is 200 cm³/mol. The number of benzene rings is 7. The Labute approximate surface area is 279 Å². The number of nitrogens with zero attached hydrogens (tertiary/aromatic N) is 2. The van der Waals surface area contributed by atoms with Crippen molar-refractivity contribution in [1.82, 2.24) is 4.98 Å². The average molecular weight is 635 g/mol. The maximum Gasteiger partial charge on any atom is 0.227 e. The Morgan fingerprint density at radius 1 is 0.479 bits per heavy atom. The number of aromatic nitrogens is 1. The van der Waals surface area contributed by atoms with E-state index in [4.69, 9.17) is 13.8 Å². The van der Waals surface area contributed by atoms with Crippen molar-refractivity contribution < 1.29 is 8.83 Å². The zero-order valence-corrected chi connectivity index (χ0v) is 26.4. The molecule has 226 valence electrons. The number of oxazole rings is 1. The molecule has 0 N–H and O–H groups in total. The number of furan rings is 1. The highest BCUT2D eigenvalue weighted by Crippen LogP contribution is 2.47. The smallest absolute Gasteiger partial charge is 0.227 e. The topological polar surface area (TPSA) is 42.4 Å². The van der Waals surface area contributed by atoms with Gasteiger partial charge >= 0.3 is 0 Å². The lowest BCUT2D eigenvalue weighted by atomic mass is 10.0. The van der Waals surface area contributed by atoms with Gasteiger partial charge in [0.05, 0.1) is 11.1 Å². The van der Waals surface area contributed by atoms with Gasteiger partial charge in [0.25, 0.3) is 0 Å². The number of hydrogen-bond acceptors (Lipinski definition) is 5. The van der Waals surface area contributed by atoms with Crippen molar-refractivity contribution in [3.8, 4) is 22.6 Å². The van der Waals surface area contributed by atoms with Crippen LogP contribution in [0.4, 0.5) is 17.1 Å². The fourth-order valence-electron chi connectivity index (χ4n) is 6.84. The van der Waals surface area contributed by atoms with E-state index in [1.165, 1.54) is 25.7 Å². The van der Waals surface area contributed by atoms with Gasteiger partial charge in [0.1, 0.15) is 11.1 Å². The summed E-state index contributed by atoms with van der Waals surface area (Å²) in [6, 6.07) is 54.9. The summed E-state index contributed by atoms with van der Waals surface area (Å²) in [5.41, 5.74) is 9.26. The Hall–Kier alpha value is -6.17. The van der Waals surface area contributed by atoms with Crippen LogP contribution in [0.2, 0.25) is 0 Å². The van der Waals surface area contributed by atoms with E-state index < -0.39 is 0 Å². The molecule has 0 radical (unpaired) electrons. The molecule has 0 aliphatic heterocycles. The number of para-hydroxylation sites is 1. The van der Waals surface area contributed by atoms with Crippen molar-refractivity contribution in [2.75, 3.05) is 4.90 Å². The van der Waals surface area contributed by atoms with E-state index in [1.54, 1.807) is 0 Å². The van der Waals surface area contributed by atoms with Crippen molar-refractivity contribution in [3.63, 3.8) is 0 Å². The molecule has 5 heteroatoms. The molecule has 3 aromatic heterocycles. The first kappa shape index (κ1) is 27.0. The van der Waals surface area contributed by atoms with Crippen molar-refractivity contribution >= 4 is 81.6 Å². The Morgan fingerprint density at radius 2 is 1.12 bits per heavy atom. The molecule has 10 aromatic rings. The van der Waals surface area contributed by atoms with Gasteiger partial charge in [-0.15, -0.1) is 11.3 Å². The average Bonchev–Trinajstić information content (AvgIpc) is 3.86. The van der Waals surface area contributed by atoms with Crippen LogP contribution in [0, 0.1) is 0 Å². The lowest BCUT2D eigenvalue weighted by Crippen LogP contribution is -2.10. The summed E-state index contributed by atoms with van der Waals surface area (Å²) in [4.78, 5) is 7.34. The zero-order valence-electron chi connectivity index (χ0n) is 25.6. The molecular weight excluding hydrogens is 609 g/mol. The van der Waals surface area contributed by atoms with Gasteiger partial charge in [-0.3, -0.25) is 0 Å². The lowest BCUT2D eigenvalue weighted by Gasteiger charge is -2.26. The standard InChI is InChI=1S/C43H26N2O2S/c1-3-11-27(12-4-1)28-19-21-30(22-20-28)45(31-23-24-39-34(25-31)32-15-8-10-18-38(32)48-39)35-26-37-41(44-43(47-37)29-13-5-2-6-14-29)40-33-16-7-9-17-36(33)46-42(35)40/h1-26H. The highest BCUT2D eigenvalue weighted by molar-refractivity contribution is 7.25. The van der Waals surface area contributed by atoms with Crippen LogP contribution >= 0.6 is 11.3 Å². The highest BCUT2D eigenvalue weighted by atomic mass is 32.1. The van der Waals surface area contributed by atoms with Crippen LogP contribution in [0.15, 0.2) is 167 Å². The monoisotopic (exact) mass is 634 g/mol. The van der Waals surface area contributed by atoms with Crippen LogP contribution in [0.25, 0.3) is 75.8 Å². The van der Waals surface area contributed by atoms with Gasteiger partial charge in [0, 0.05) is 48.6 Å². The summed E-state index contributed by atoms with van der Waals surface area (Å²) in [6.45, 7) is 0. The van der Waals surface area contributed by atoms with Crippen molar-refractivity contribution in [3.05, 3.63) is 158 Å². The predicted octanol–water partition coefficient (Wildman–Crippen LogP) is 12.9. The molecular formula is C43H26N2O2S. The van der Waals surface area contributed by atoms with Gasteiger partial charge in [-0.1, -0.05) is 97.1 Å². The van der Waals surface area contributed by atoms with E-state index >= 15 is 0 Å². The molecule has 0 bridgehead atoms. The first-order valence-corrected chi connectivity index (χ1v) is 16.8. The molecule has 0 saturated carbocycles. The van der Waals surface area contributed by atoms with E-state index in [-0.39, 0.29) is 0 Å². The minimum Gasteiger partial charge on any atom is -0.454 e. The van der Waals surface area contributed by atoms with E-state index in [0.717, 1.165) is 55.6 Å². The Balaban J connectivity index is 1.26. The van der Waals surface area contributed by atoms with Crippen LogP contribution in [-0.4, -0.2) is 4.98 Å². The van der Waals surface area contributed by atoms with Crippen LogP contribution in [0.3, 0.4) is 0 Å². The number of thiophene rings is 1. The molecule has 48 heavy (non-hydrogen) atoms. The maximum atomic E-state index is 6.75. The summed E-state index contributed by atoms with van der Waals surface area (Å²) >= 11 is 1.82. The highest BCUT2D eigenvalue weighted by Gasteiger charge is 2.25. The van der Waals surface area contributed by atoms with Gasteiger partial charge in [0.15, 0.2) is 11.2 Å². The number of hydrogen-bond donors (Lipinski definition) is 0. The van der Waals surface area contributed by atoms with Crippen LogP contribution < -0.4 is 4.90 Å². The third-order valence-corrected chi connectivity index (χ3v) is 10.3. The minimum absolute atomic E-state index is 0.583. The molecule has 0 unspecified atom stereocenters. The second-order valence-electron chi connectivity index (χ2n) is 12.0. The van der Waals surface area contributed by atoms with Crippen LogP contribution in [0.5, 0.6) is 0 Å². The van der Waals surface area contributed by atoms with Gasteiger partial charge < -0.3 is 13.7 Å². The maximum absolute atomic E-state index is 6.75. The first-order valence-electron chi connectivity index (χ1n) is 16.0. The van der Waals surface area contributed by atoms with Crippen LogP contribution in [0.1, 0.15) is 0 Å². The van der Waals surface area contributed by atoms with Gasteiger partial charge in [-0.25, -0.2) is 4.98 Å². The fraction of sp³-hybridized carbons (Fsp3) is 0. The fourth-order valence-corrected chi connectivity index (χ4v) is 7.93. The lowest BCUT2D eigenvalue weighted by molar-refractivity contribution is 0.619. The van der Waals surface area contributed by atoms with Gasteiger partial charge in [-0.2, -0.15) is 0 Å². The van der Waals surface area contributed by atoms with E-state index in [0.29, 0.717) is 11.5 Å². The number of rotatable bonds is 5. The Morgan fingerprint density at radius 3 is 1.94 bits per heavy atom. The number of anilines is 3. The van der Waals surface area contributed by atoms with Crippen molar-refractivity contribution in [2.45, 2.75) is 0 Å². The zero-order chi connectivity index (χ0) is 31.6. The summed E-state index contributed by atoms with van der Waals surface area (Å²) in [5, 5.41) is 4.43. The molecule has 4 nitrogen and oxygen atoms in total. The molecule has 0 aliphatic rings. The third-order valence-electron chi connectivity index (χ3n) is 9.10. The molecule has 10 rings (SSSR count). The van der Waals surface area contributed by atoms with E-state index in [1.807, 2.05) is 65.9 Å². The van der Waals surface area contributed by atoms with Crippen molar-refractivity contribution in [2.24, 2.45) is 0 Å². The molecule has 0 amide bonds. The second kappa shape index (κ2) is 10.7. The summed E-state index contributed by atoms with van der Waals surface area (Å²) in [7, 11) is 0. The molecule has 0 spiro atoms. The molecule has 0 fully saturated rings.